The van der Waals surface area contributed by atoms with E-state index >= 15 is 0 Å². The Balaban J connectivity index is 1.42. The predicted molar refractivity (Wildman–Crippen MR) is 110 cm³/mol. The quantitative estimate of drug-likeness (QED) is 0.778. The van der Waals surface area contributed by atoms with E-state index in [0.717, 1.165) is 23.7 Å². The number of hydrogen-bond donors (Lipinski definition) is 2. The topological polar surface area (TPSA) is 64.7 Å². The Morgan fingerprint density at radius 3 is 2.44 bits per heavy atom. The molecule has 3 rings (SSSR count). The number of urea groups is 1. The number of carbonyl (C=O) groups is 2. The molecule has 1 aliphatic rings. The van der Waals surface area contributed by atoms with Crippen LogP contribution in [-0.4, -0.2) is 55.8 Å². The summed E-state index contributed by atoms with van der Waals surface area (Å²) < 4.78 is 0. The van der Waals surface area contributed by atoms with E-state index in [1.165, 1.54) is 5.69 Å². The molecule has 142 valence electrons. The number of amides is 3. The molecule has 1 saturated heterocycles. The van der Waals surface area contributed by atoms with Gasteiger partial charge in [-0.05, 0) is 36.6 Å². The lowest BCUT2D eigenvalue weighted by Gasteiger charge is -2.36. The number of thioether (sulfide) groups is 1. The molecule has 1 heterocycles. The van der Waals surface area contributed by atoms with Crippen LogP contribution in [0.2, 0.25) is 0 Å². The first-order valence-corrected chi connectivity index (χ1v) is 10.1. The summed E-state index contributed by atoms with van der Waals surface area (Å²) in [6, 6.07) is 17.6. The summed E-state index contributed by atoms with van der Waals surface area (Å²) in [6.07, 6.45) is 1.98. The summed E-state index contributed by atoms with van der Waals surface area (Å²) >= 11 is 1.61. The van der Waals surface area contributed by atoms with Gasteiger partial charge in [0.15, 0.2) is 0 Å². The zero-order valence-electron chi connectivity index (χ0n) is 15.4. The number of nitrogens with one attached hydrogen (secondary N) is 2. The Kier molecular flexibility index (Phi) is 6.59. The largest absolute Gasteiger partial charge is 0.368 e. The van der Waals surface area contributed by atoms with Crippen molar-refractivity contribution in [1.82, 2.24) is 10.2 Å². The molecule has 2 aromatic carbocycles. The van der Waals surface area contributed by atoms with Crippen molar-refractivity contribution in [2.75, 3.05) is 49.2 Å². The minimum atomic E-state index is -0.232. The number of piperazine rings is 1. The molecule has 0 unspecified atom stereocenters. The molecule has 2 N–H and O–H groups in total. The fourth-order valence-corrected chi connectivity index (χ4v) is 3.44. The minimum Gasteiger partial charge on any atom is -0.368 e. The summed E-state index contributed by atoms with van der Waals surface area (Å²) in [5.74, 6) is -0.232. The summed E-state index contributed by atoms with van der Waals surface area (Å²) in [7, 11) is 0. The zero-order chi connectivity index (χ0) is 19.1. The summed E-state index contributed by atoms with van der Waals surface area (Å²) in [4.78, 5) is 29.5. The second-order valence-electron chi connectivity index (χ2n) is 6.25. The van der Waals surface area contributed by atoms with Crippen LogP contribution in [-0.2, 0) is 4.79 Å². The Morgan fingerprint density at radius 2 is 1.74 bits per heavy atom. The molecule has 0 atom stereocenters. The highest BCUT2D eigenvalue weighted by molar-refractivity contribution is 7.98. The van der Waals surface area contributed by atoms with Crippen LogP contribution in [0.5, 0.6) is 0 Å². The van der Waals surface area contributed by atoms with Gasteiger partial charge in [-0.25, -0.2) is 4.79 Å². The summed E-state index contributed by atoms with van der Waals surface area (Å²) in [5.41, 5.74) is 1.90. The fraction of sp³-hybridized carbons (Fsp3) is 0.300. The van der Waals surface area contributed by atoms with E-state index in [2.05, 4.69) is 27.7 Å². The lowest BCUT2D eigenvalue weighted by molar-refractivity contribution is -0.115. The Morgan fingerprint density at radius 1 is 1.00 bits per heavy atom. The molecule has 3 amide bonds. The average Bonchev–Trinajstić information content (AvgIpc) is 2.73. The second kappa shape index (κ2) is 9.32. The number of carbonyl (C=O) groups excluding carboxylic acids is 2. The van der Waals surface area contributed by atoms with Crippen molar-refractivity contribution in [2.45, 2.75) is 4.90 Å². The van der Waals surface area contributed by atoms with Crippen molar-refractivity contribution in [3.63, 3.8) is 0 Å². The van der Waals surface area contributed by atoms with Gasteiger partial charge in [-0.15, -0.1) is 11.8 Å². The van der Waals surface area contributed by atoms with Crippen molar-refractivity contribution in [2.24, 2.45) is 0 Å². The van der Waals surface area contributed by atoms with E-state index in [-0.39, 0.29) is 18.5 Å². The molecular weight excluding hydrogens is 360 g/mol. The monoisotopic (exact) mass is 384 g/mol. The third kappa shape index (κ3) is 5.40. The van der Waals surface area contributed by atoms with Gasteiger partial charge in [-0.3, -0.25) is 4.79 Å². The molecule has 0 saturated carbocycles. The number of para-hydroxylation sites is 1. The zero-order valence-corrected chi connectivity index (χ0v) is 16.2. The van der Waals surface area contributed by atoms with E-state index in [4.69, 9.17) is 0 Å². The molecular formula is C20H24N4O2S. The second-order valence-corrected chi connectivity index (χ2v) is 7.13. The van der Waals surface area contributed by atoms with E-state index in [1.54, 1.807) is 16.7 Å². The molecule has 6 nitrogen and oxygen atoms in total. The average molecular weight is 385 g/mol. The van der Waals surface area contributed by atoms with E-state index in [1.807, 2.05) is 48.7 Å². The van der Waals surface area contributed by atoms with Gasteiger partial charge in [0.05, 0.1) is 6.54 Å². The highest BCUT2D eigenvalue weighted by Crippen LogP contribution is 2.19. The van der Waals surface area contributed by atoms with E-state index in [9.17, 15) is 9.59 Å². The third-order valence-corrected chi connectivity index (χ3v) is 5.17. The van der Waals surface area contributed by atoms with Crippen molar-refractivity contribution in [1.29, 1.82) is 0 Å². The maximum Gasteiger partial charge on any atom is 0.317 e. The van der Waals surface area contributed by atoms with Gasteiger partial charge < -0.3 is 20.4 Å². The van der Waals surface area contributed by atoms with Gasteiger partial charge in [-0.2, -0.15) is 0 Å². The number of benzene rings is 2. The third-order valence-electron chi connectivity index (χ3n) is 4.44. The van der Waals surface area contributed by atoms with Crippen molar-refractivity contribution in [3.8, 4) is 0 Å². The summed E-state index contributed by atoms with van der Waals surface area (Å²) in [5, 5.41) is 5.52. The standard InChI is InChI=1S/C20H24N4O2S/c1-27-18-9-5-6-16(14-18)22-19(25)15-21-20(26)24-12-10-23(11-13-24)17-7-3-2-4-8-17/h2-9,14H,10-13,15H2,1H3,(H,21,26)(H,22,25). The molecule has 0 aromatic heterocycles. The lowest BCUT2D eigenvalue weighted by Crippen LogP contribution is -2.52. The number of hydrogen-bond acceptors (Lipinski definition) is 4. The number of rotatable bonds is 5. The Bertz CT molecular complexity index is 777. The molecule has 27 heavy (non-hydrogen) atoms. The van der Waals surface area contributed by atoms with Gasteiger partial charge >= 0.3 is 6.03 Å². The Hall–Kier alpha value is -2.67. The van der Waals surface area contributed by atoms with Gasteiger partial charge in [0.1, 0.15) is 0 Å². The van der Waals surface area contributed by atoms with Gasteiger partial charge in [0, 0.05) is 42.4 Å². The maximum atomic E-state index is 12.3. The molecule has 0 aliphatic carbocycles. The maximum absolute atomic E-state index is 12.3. The minimum absolute atomic E-state index is 0.0404. The molecule has 0 bridgehead atoms. The van der Waals surface area contributed by atoms with Crippen LogP contribution < -0.4 is 15.5 Å². The van der Waals surface area contributed by atoms with E-state index < -0.39 is 0 Å². The molecule has 0 radical (unpaired) electrons. The first-order valence-electron chi connectivity index (χ1n) is 8.92. The van der Waals surface area contributed by atoms with Gasteiger partial charge in [0.2, 0.25) is 5.91 Å². The first-order chi connectivity index (χ1) is 13.2. The normalized spacial score (nSPS) is 14.0. The highest BCUT2D eigenvalue weighted by Gasteiger charge is 2.21. The molecule has 2 aromatic rings. The van der Waals surface area contributed by atoms with Crippen LogP contribution in [0.3, 0.4) is 0 Å². The highest BCUT2D eigenvalue weighted by atomic mass is 32.2. The molecule has 1 aliphatic heterocycles. The van der Waals surface area contributed by atoms with Crippen LogP contribution in [0, 0.1) is 0 Å². The predicted octanol–water partition coefficient (Wildman–Crippen LogP) is 2.88. The molecule has 7 heteroatoms. The fourth-order valence-electron chi connectivity index (χ4n) is 2.98. The lowest BCUT2D eigenvalue weighted by atomic mass is 10.2. The summed E-state index contributed by atoms with van der Waals surface area (Å²) in [6.45, 7) is 2.80. The van der Waals surface area contributed by atoms with Crippen LogP contribution in [0.25, 0.3) is 0 Å². The van der Waals surface area contributed by atoms with Crippen molar-refractivity contribution in [3.05, 3.63) is 54.6 Å². The van der Waals surface area contributed by atoms with Crippen LogP contribution >= 0.6 is 11.8 Å². The number of nitrogens with zero attached hydrogens (tertiary/aromatic N) is 2. The van der Waals surface area contributed by atoms with Crippen LogP contribution in [0.15, 0.2) is 59.5 Å². The van der Waals surface area contributed by atoms with Crippen molar-refractivity contribution < 1.29 is 9.59 Å². The van der Waals surface area contributed by atoms with Crippen molar-refractivity contribution >= 4 is 35.1 Å². The van der Waals surface area contributed by atoms with Crippen LogP contribution in [0.1, 0.15) is 0 Å². The molecule has 0 spiro atoms. The van der Waals surface area contributed by atoms with Gasteiger partial charge in [-0.1, -0.05) is 24.3 Å². The smallest absolute Gasteiger partial charge is 0.317 e. The SMILES string of the molecule is CSc1cccc(NC(=O)CNC(=O)N2CCN(c3ccccc3)CC2)c1. The molecule has 1 fully saturated rings. The Labute approximate surface area is 163 Å². The van der Waals surface area contributed by atoms with Gasteiger partial charge in [0.25, 0.3) is 0 Å². The number of anilines is 2. The van der Waals surface area contributed by atoms with Crippen LogP contribution in [0.4, 0.5) is 16.2 Å². The van der Waals surface area contributed by atoms with E-state index in [0.29, 0.717) is 13.1 Å². The first kappa shape index (κ1) is 19.1.